The number of aromatic nitrogens is 3. The predicted octanol–water partition coefficient (Wildman–Crippen LogP) is 0.150. The number of fused-ring (bicyclic) bond motifs is 1. The van der Waals surface area contributed by atoms with Crippen LogP contribution in [0.15, 0.2) is 18.6 Å². The topological polar surface area (TPSA) is 142 Å². The summed E-state index contributed by atoms with van der Waals surface area (Å²) >= 11 is 0. The number of nitrogens with zero attached hydrogens (tertiary/aromatic N) is 5. The van der Waals surface area contributed by atoms with Crippen molar-refractivity contribution in [1.29, 1.82) is 5.26 Å². The van der Waals surface area contributed by atoms with Crippen molar-refractivity contribution < 1.29 is 9.59 Å². The van der Waals surface area contributed by atoms with Crippen molar-refractivity contribution in [3.05, 3.63) is 18.6 Å². The zero-order valence-electron chi connectivity index (χ0n) is 15.1. The summed E-state index contributed by atoms with van der Waals surface area (Å²) in [5.74, 6) is 5.98. The Labute approximate surface area is 156 Å². The van der Waals surface area contributed by atoms with Crippen molar-refractivity contribution >= 4 is 28.7 Å². The molecule has 3 heterocycles. The Morgan fingerprint density at radius 3 is 3.07 bits per heavy atom. The number of carbonyl (C=O) groups is 2. The third-order valence-corrected chi connectivity index (χ3v) is 4.99. The van der Waals surface area contributed by atoms with Gasteiger partial charge in [-0.15, -0.1) is 0 Å². The van der Waals surface area contributed by atoms with Crippen LogP contribution in [0.2, 0.25) is 0 Å². The van der Waals surface area contributed by atoms with E-state index < -0.39 is 6.03 Å². The number of rotatable bonds is 5. The second-order valence-electron chi connectivity index (χ2n) is 6.58. The fourth-order valence-electron chi connectivity index (χ4n) is 3.65. The van der Waals surface area contributed by atoms with Gasteiger partial charge >= 0.3 is 6.03 Å². The quantitative estimate of drug-likeness (QED) is 0.383. The van der Waals surface area contributed by atoms with Gasteiger partial charge in [0.1, 0.15) is 17.9 Å². The minimum Gasteiger partial charge on any atom is -0.354 e. The van der Waals surface area contributed by atoms with Crippen LogP contribution < -0.4 is 21.5 Å². The molecule has 4 N–H and O–H groups in total. The summed E-state index contributed by atoms with van der Waals surface area (Å²) in [7, 11) is 1.92. The molecule has 3 rings (SSSR count). The summed E-state index contributed by atoms with van der Waals surface area (Å²) < 4.78 is 1.32. The van der Waals surface area contributed by atoms with Crippen LogP contribution in [-0.4, -0.2) is 52.5 Å². The Hall–Kier alpha value is -3.03. The van der Waals surface area contributed by atoms with Gasteiger partial charge in [0.05, 0.1) is 17.9 Å². The first-order valence-electron chi connectivity index (χ1n) is 8.72. The molecule has 0 spiro atoms. The number of piperidine rings is 1. The van der Waals surface area contributed by atoms with Crippen molar-refractivity contribution in [2.75, 3.05) is 25.0 Å². The fraction of sp³-hybridized carbons (Fsp3) is 0.471. The van der Waals surface area contributed by atoms with E-state index >= 15 is 0 Å². The molecule has 10 nitrogen and oxygen atoms in total. The third kappa shape index (κ3) is 3.74. The van der Waals surface area contributed by atoms with Crippen molar-refractivity contribution in [3.8, 4) is 6.07 Å². The first-order chi connectivity index (χ1) is 13.1. The summed E-state index contributed by atoms with van der Waals surface area (Å²) in [6, 6.07) is 3.24. The number of amides is 1. The molecule has 0 aliphatic carbocycles. The first-order valence-corrected chi connectivity index (χ1v) is 8.72. The van der Waals surface area contributed by atoms with E-state index in [0.717, 1.165) is 18.4 Å². The van der Waals surface area contributed by atoms with Crippen molar-refractivity contribution in [3.63, 3.8) is 0 Å². The molecule has 1 amide bonds. The summed E-state index contributed by atoms with van der Waals surface area (Å²) in [6.07, 6.45) is 4.15. The highest BCUT2D eigenvalue weighted by Crippen LogP contribution is 2.29. The van der Waals surface area contributed by atoms with Gasteiger partial charge in [-0.25, -0.2) is 20.6 Å². The highest BCUT2D eigenvalue weighted by molar-refractivity contribution is 5.94. The van der Waals surface area contributed by atoms with E-state index in [4.69, 9.17) is 11.1 Å². The maximum atomic E-state index is 12.0. The van der Waals surface area contributed by atoms with Gasteiger partial charge in [0.25, 0.3) is 0 Å². The van der Waals surface area contributed by atoms with Crippen LogP contribution in [0.4, 0.5) is 10.6 Å². The Bertz CT molecular complexity index is 887. The molecule has 0 unspecified atom stereocenters. The van der Waals surface area contributed by atoms with Crippen LogP contribution in [0, 0.1) is 17.2 Å². The maximum Gasteiger partial charge on any atom is 0.341 e. The number of nitrogens with two attached hydrogens (primary N) is 1. The average Bonchev–Trinajstić information content (AvgIpc) is 3.11. The summed E-state index contributed by atoms with van der Waals surface area (Å²) in [5.41, 5.74) is 2.54. The van der Waals surface area contributed by atoms with Gasteiger partial charge < -0.3 is 10.2 Å². The largest absolute Gasteiger partial charge is 0.354 e. The van der Waals surface area contributed by atoms with Crippen molar-refractivity contribution in [2.24, 2.45) is 11.8 Å². The Kier molecular flexibility index (Phi) is 5.63. The zero-order valence-corrected chi connectivity index (χ0v) is 15.1. The number of hydrazine groups is 1. The smallest absolute Gasteiger partial charge is 0.341 e. The molecule has 1 aliphatic rings. The van der Waals surface area contributed by atoms with Gasteiger partial charge in [0.15, 0.2) is 5.65 Å². The molecule has 142 valence electrons. The van der Waals surface area contributed by atoms with Crippen LogP contribution in [0.25, 0.3) is 11.0 Å². The number of carbonyl (C=O) groups excluding carboxylic acids is 2. The van der Waals surface area contributed by atoms with Crippen LogP contribution in [0.1, 0.15) is 19.3 Å². The van der Waals surface area contributed by atoms with E-state index in [1.165, 1.54) is 10.9 Å². The number of likely N-dealkylation sites (N-methyl/N-ethyl adjacent to an activating group) is 1. The molecule has 0 saturated carbocycles. The number of Topliss-reactive ketones (excluding diaryl/α,β-unsaturated/α-hetero) is 1. The average molecular weight is 370 g/mol. The van der Waals surface area contributed by atoms with Gasteiger partial charge in [0, 0.05) is 32.3 Å². The lowest BCUT2D eigenvalue weighted by atomic mass is 9.86. The maximum absolute atomic E-state index is 12.0. The summed E-state index contributed by atoms with van der Waals surface area (Å²) in [5, 5.41) is 12.8. The summed E-state index contributed by atoms with van der Waals surface area (Å²) in [4.78, 5) is 34.5. The van der Waals surface area contributed by atoms with E-state index in [-0.39, 0.29) is 24.2 Å². The predicted molar refractivity (Wildman–Crippen MR) is 98.7 cm³/mol. The van der Waals surface area contributed by atoms with Gasteiger partial charge in [0.2, 0.25) is 0 Å². The van der Waals surface area contributed by atoms with E-state index in [9.17, 15) is 9.59 Å². The molecule has 1 saturated heterocycles. The normalized spacial score (nSPS) is 19.4. The Morgan fingerprint density at radius 1 is 1.52 bits per heavy atom. The second kappa shape index (κ2) is 8.11. The highest BCUT2D eigenvalue weighted by atomic mass is 16.2. The molecule has 27 heavy (non-hydrogen) atoms. The van der Waals surface area contributed by atoms with Gasteiger partial charge in [-0.05, 0) is 24.9 Å². The van der Waals surface area contributed by atoms with Crippen LogP contribution >= 0.6 is 0 Å². The number of anilines is 1. The lowest BCUT2D eigenvalue weighted by molar-refractivity contribution is -0.119. The minimum absolute atomic E-state index is 0.0335. The lowest BCUT2D eigenvalue weighted by Gasteiger charge is -2.39. The molecule has 2 aromatic rings. The van der Waals surface area contributed by atoms with E-state index in [0.29, 0.717) is 24.4 Å². The zero-order chi connectivity index (χ0) is 19.4. The molecule has 0 radical (unpaired) electrons. The second-order valence-corrected chi connectivity index (χ2v) is 6.58. The lowest BCUT2D eigenvalue weighted by Crippen LogP contribution is -2.50. The standard InChI is InChI=1S/C17H22N8O2/c1-24(14-9-20-6-3-11(14)8-12(26)2-5-18)15-13-4-7-25(17(27)23-19)16(13)22-10-21-15/h4,7,10-11,14,20H,2-3,6,8-9,19H2,1H3,(H,23,27)/t11-,14+/m1/s1. The molecule has 10 heteroatoms. The monoisotopic (exact) mass is 370 g/mol. The number of nitrogens with one attached hydrogen (secondary N) is 2. The molecule has 0 aromatic carbocycles. The number of nitrogen functional groups attached to an aromatic ring is 1. The summed E-state index contributed by atoms with van der Waals surface area (Å²) in [6.45, 7) is 1.54. The molecular formula is C17H22N8O2. The SMILES string of the molecule is CN(c1ncnc2c1ccn2C(=O)NN)[C@H]1CNCC[C@@H]1CC(=O)CC#N. The number of hydrogen-bond acceptors (Lipinski definition) is 8. The van der Waals surface area contributed by atoms with Crippen LogP contribution in [0.3, 0.4) is 0 Å². The van der Waals surface area contributed by atoms with Crippen LogP contribution in [-0.2, 0) is 4.79 Å². The van der Waals surface area contributed by atoms with Crippen molar-refractivity contribution in [1.82, 2.24) is 25.3 Å². The highest BCUT2D eigenvalue weighted by Gasteiger charge is 2.31. The van der Waals surface area contributed by atoms with Gasteiger partial charge in [-0.2, -0.15) is 5.26 Å². The number of ketones is 1. The Morgan fingerprint density at radius 2 is 2.33 bits per heavy atom. The minimum atomic E-state index is -0.489. The Balaban J connectivity index is 1.90. The molecule has 0 bridgehead atoms. The molecular weight excluding hydrogens is 348 g/mol. The van der Waals surface area contributed by atoms with E-state index in [2.05, 4.69) is 20.7 Å². The number of nitriles is 1. The third-order valence-electron chi connectivity index (χ3n) is 4.99. The first kappa shape index (κ1) is 18.8. The fourth-order valence-corrected chi connectivity index (χ4v) is 3.65. The molecule has 2 atom stereocenters. The van der Waals surface area contributed by atoms with Gasteiger partial charge in [-0.3, -0.25) is 14.8 Å². The molecule has 2 aromatic heterocycles. The van der Waals surface area contributed by atoms with E-state index in [1.54, 1.807) is 12.3 Å². The van der Waals surface area contributed by atoms with Crippen molar-refractivity contribution in [2.45, 2.75) is 25.3 Å². The number of hydrogen-bond donors (Lipinski definition) is 3. The van der Waals surface area contributed by atoms with E-state index in [1.807, 2.05) is 18.0 Å². The van der Waals surface area contributed by atoms with Gasteiger partial charge in [-0.1, -0.05) is 0 Å². The van der Waals surface area contributed by atoms with Crippen LogP contribution in [0.5, 0.6) is 0 Å². The molecule has 1 fully saturated rings. The molecule has 1 aliphatic heterocycles.